The van der Waals surface area contributed by atoms with Crippen molar-refractivity contribution in [2.45, 2.75) is 0 Å². The highest BCUT2D eigenvalue weighted by Gasteiger charge is 2.06. The van der Waals surface area contributed by atoms with E-state index < -0.39 is 16.3 Å². The Morgan fingerprint density at radius 3 is 2.42 bits per heavy atom. The number of hydrogen-bond acceptors (Lipinski definition) is 2. The van der Waals surface area contributed by atoms with Crippen LogP contribution < -0.4 is 5.32 Å². The van der Waals surface area contributed by atoms with Crippen LogP contribution in [0.4, 0.5) is 10.5 Å². The number of hydrogen-bond donors (Lipinski definition) is 2. The Morgan fingerprint density at radius 2 is 1.92 bits per heavy atom. The van der Waals surface area contributed by atoms with E-state index in [1.54, 1.807) is 30.3 Å². The third-order valence-corrected chi connectivity index (χ3v) is 1.60. The van der Waals surface area contributed by atoms with Gasteiger partial charge >= 0.3 is 5.24 Å². The molecule has 0 saturated heterocycles. The number of anilines is 1. The molecule has 1 rings (SSSR count). The van der Waals surface area contributed by atoms with Gasteiger partial charge in [0.1, 0.15) is 0 Å². The molecular weight excluding hydrogens is 178 g/mol. The maximum Gasteiger partial charge on any atom is 0.340 e. The number of carbonyl (C=O) groups excluding carboxylic acids is 1. The Bertz CT molecular complexity index is 299. The Balaban J connectivity index is 2.65. The normalized spacial score (nSPS) is 12.1. The zero-order chi connectivity index (χ0) is 8.97. The number of nitrogens with one attached hydrogen (secondary N) is 1. The van der Waals surface area contributed by atoms with Gasteiger partial charge in [0.05, 0.1) is 0 Å². The minimum atomic E-state index is -2.46. The highest BCUT2D eigenvalue weighted by molar-refractivity contribution is 7.95. The van der Waals surface area contributed by atoms with Gasteiger partial charge in [-0.25, -0.2) is 4.21 Å². The fourth-order valence-corrected chi connectivity index (χ4v) is 0.888. The monoisotopic (exact) mass is 185 g/mol. The first kappa shape index (κ1) is 8.89. The number of rotatable bonds is 1. The Labute approximate surface area is 71.9 Å². The quantitative estimate of drug-likeness (QED) is 0.650. The maximum atomic E-state index is 10.7. The van der Waals surface area contributed by atoms with E-state index in [0.717, 1.165) is 0 Å². The molecule has 0 saturated carbocycles. The van der Waals surface area contributed by atoms with Gasteiger partial charge in [0.25, 0.3) is 0 Å². The van der Waals surface area contributed by atoms with E-state index in [4.69, 9.17) is 4.55 Å². The van der Waals surface area contributed by atoms with Crippen LogP contribution in [0.1, 0.15) is 0 Å². The summed E-state index contributed by atoms with van der Waals surface area (Å²) in [6.45, 7) is 0. The second-order valence-electron chi connectivity index (χ2n) is 2.03. The molecule has 1 unspecified atom stereocenters. The van der Waals surface area contributed by atoms with Crippen molar-refractivity contribution < 1.29 is 13.6 Å². The predicted octanol–water partition coefficient (Wildman–Crippen LogP) is 1.44. The molecule has 0 fully saturated rings. The molecular formula is C7H7NO3S. The molecule has 0 bridgehead atoms. The second kappa shape index (κ2) is 3.99. The molecule has 1 atom stereocenters. The van der Waals surface area contributed by atoms with Crippen molar-refractivity contribution in [2.75, 3.05) is 5.32 Å². The van der Waals surface area contributed by atoms with Crippen molar-refractivity contribution in [3.05, 3.63) is 30.3 Å². The van der Waals surface area contributed by atoms with Crippen molar-refractivity contribution in [3.8, 4) is 0 Å². The number of amides is 1. The lowest BCUT2D eigenvalue weighted by Crippen LogP contribution is -2.14. The largest absolute Gasteiger partial charge is 0.340 e. The molecule has 0 radical (unpaired) electrons. The van der Waals surface area contributed by atoms with Gasteiger partial charge in [0.15, 0.2) is 0 Å². The van der Waals surface area contributed by atoms with E-state index in [1.165, 1.54) is 0 Å². The minimum Gasteiger partial charge on any atom is -0.313 e. The maximum absolute atomic E-state index is 10.7. The van der Waals surface area contributed by atoms with Crippen molar-refractivity contribution in [1.29, 1.82) is 0 Å². The molecule has 5 heteroatoms. The summed E-state index contributed by atoms with van der Waals surface area (Å²) in [5, 5.41) is 1.34. The van der Waals surface area contributed by atoms with E-state index >= 15 is 0 Å². The summed E-state index contributed by atoms with van der Waals surface area (Å²) in [5.41, 5.74) is 0.505. The highest BCUT2D eigenvalue weighted by Crippen LogP contribution is 2.05. The standard InChI is InChI=1S/C7H7NO3S/c9-7(12(10)11)8-6-4-2-1-3-5-6/h1-5H,(H,8,9)(H,10,11). The van der Waals surface area contributed by atoms with Gasteiger partial charge in [-0.05, 0) is 12.1 Å². The summed E-state index contributed by atoms with van der Waals surface area (Å²) in [4.78, 5) is 10.7. The average Bonchev–Trinajstić information content (AvgIpc) is 2.06. The van der Waals surface area contributed by atoms with E-state index in [9.17, 15) is 9.00 Å². The van der Waals surface area contributed by atoms with E-state index in [-0.39, 0.29) is 0 Å². The van der Waals surface area contributed by atoms with E-state index in [1.807, 2.05) is 0 Å². The first-order valence-electron chi connectivity index (χ1n) is 3.17. The Kier molecular flexibility index (Phi) is 2.95. The zero-order valence-corrected chi connectivity index (χ0v) is 6.88. The molecule has 1 aromatic carbocycles. The third kappa shape index (κ3) is 2.44. The predicted molar refractivity (Wildman–Crippen MR) is 46.2 cm³/mol. The van der Waals surface area contributed by atoms with Crippen LogP contribution in [-0.2, 0) is 11.1 Å². The number of para-hydroxylation sites is 1. The minimum absolute atomic E-state index is 0.505. The third-order valence-electron chi connectivity index (χ3n) is 1.18. The van der Waals surface area contributed by atoms with Gasteiger partial charge in [-0.2, -0.15) is 0 Å². The van der Waals surface area contributed by atoms with E-state index in [0.29, 0.717) is 5.69 Å². The molecule has 4 nitrogen and oxygen atoms in total. The average molecular weight is 185 g/mol. The molecule has 0 aliphatic carbocycles. The molecule has 0 spiro atoms. The lowest BCUT2D eigenvalue weighted by molar-refractivity contribution is 0.267. The Hall–Kier alpha value is -1.20. The Morgan fingerprint density at radius 1 is 1.33 bits per heavy atom. The van der Waals surface area contributed by atoms with Gasteiger partial charge in [0.2, 0.25) is 11.1 Å². The topological polar surface area (TPSA) is 66.4 Å². The molecule has 1 amide bonds. The molecule has 1 aromatic rings. The molecule has 0 heterocycles. The van der Waals surface area contributed by atoms with Crippen LogP contribution in [0.3, 0.4) is 0 Å². The lowest BCUT2D eigenvalue weighted by atomic mass is 10.3. The van der Waals surface area contributed by atoms with Crippen molar-refractivity contribution in [3.63, 3.8) is 0 Å². The summed E-state index contributed by atoms with van der Waals surface area (Å²) in [7, 11) is 0. The fraction of sp³-hybridized carbons (Fsp3) is 0. The van der Waals surface area contributed by atoms with Crippen LogP contribution >= 0.6 is 0 Å². The van der Waals surface area contributed by atoms with Crippen LogP contribution in [0.15, 0.2) is 30.3 Å². The molecule has 12 heavy (non-hydrogen) atoms. The van der Waals surface area contributed by atoms with Gasteiger partial charge in [-0.15, -0.1) is 0 Å². The van der Waals surface area contributed by atoms with E-state index in [2.05, 4.69) is 5.32 Å². The van der Waals surface area contributed by atoms with Crippen LogP contribution in [0.2, 0.25) is 0 Å². The number of benzene rings is 1. The molecule has 0 aliphatic heterocycles. The SMILES string of the molecule is O=C(Nc1ccccc1)S(=O)O. The smallest absolute Gasteiger partial charge is 0.313 e. The highest BCUT2D eigenvalue weighted by atomic mass is 32.2. The van der Waals surface area contributed by atoms with Gasteiger partial charge in [-0.3, -0.25) is 9.35 Å². The van der Waals surface area contributed by atoms with Crippen molar-refractivity contribution in [2.24, 2.45) is 0 Å². The summed E-state index contributed by atoms with van der Waals surface area (Å²) < 4.78 is 18.5. The fourth-order valence-electron chi connectivity index (χ4n) is 0.683. The molecule has 64 valence electrons. The summed E-state index contributed by atoms with van der Waals surface area (Å²) in [6, 6.07) is 8.48. The summed E-state index contributed by atoms with van der Waals surface area (Å²) in [5.74, 6) is 0. The van der Waals surface area contributed by atoms with Gasteiger partial charge in [-0.1, -0.05) is 18.2 Å². The van der Waals surface area contributed by atoms with Gasteiger partial charge < -0.3 is 5.32 Å². The van der Waals surface area contributed by atoms with Crippen LogP contribution in [0.5, 0.6) is 0 Å². The van der Waals surface area contributed by atoms with Crippen molar-refractivity contribution >= 4 is 22.0 Å². The zero-order valence-electron chi connectivity index (χ0n) is 6.06. The second-order valence-corrected chi connectivity index (χ2v) is 2.90. The first-order valence-corrected chi connectivity index (χ1v) is 4.27. The molecule has 2 N–H and O–H groups in total. The van der Waals surface area contributed by atoms with Crippen molar-refractivity contribution in [1.82, 2.24) is 0 Å². The van der Waals surface area contributed by atoms with Crippen LogP contribution in [0, 0.1) is 0 Å². The van der Waals surface area contributed by atoms with Crippen LogP contribution in [0.25, 0.3) is 0 Å². The van der Waals surface area contributed by atoms with Gasteiger partial charge in [0, 0.05) is 5.69 Å². The molecule has 0 aromatic heterocycles. The van der Waals surface area contributed by atoms with Crippen LogP contribution in [-0.4, -0.2) is 14.0 Å². The first-order chi connectivity index (χ1) is 5.70. The summed E-state index contributed by atoms with van der Waals surface area (Å²) in [6.07, 6.45) is 0. The lowest BCUT2D eigenvalue weighted by Gasteiger charge is -1.99. The number of carbonyl (C=O) groups is 1. The summed E-state index contributed by atoms with van der Waals surface area (Å²) >= 11 is -2.46. The molecule has 0 aliphatic rings.